The molecule has 2 aromatic rings. The molecule has 0 bridgehead atoms. The molecule has 1 heterocycles. The van der Waals surface area contributed by atoms with Gasteiger partial charge < -0.3 is 0 Å². The van der Waals surface area contributed by atoms with E-state index in [1.807, 2.05) is 35.7 Å². The largest absolute Gasteiger partial charge is 0.236 e. The molecule has 0 aliphatic rings. The van der Waals surface area contributed by atoms with Gasteiger partial charge in [0.25, 0.3) is 0 Å². The van der Waals surface area contributed by atoms with E-state index in [0.717, 1.165) is 10.6 Å². The molecule has 0 amide bonds. The Morgan fingerprint density at radius 2 is 1.92 bits per heavy atom. The van der Waals surface area contributed by atoms with E-state index >= 15 is 0 Å². The summed E-state index contributed by atoms with van der Waals surface area (Å²) in [5, 5.41) is 2.79. The first-order valence-electron chi connectivity index (χ1n) is 3.92. The monoisotopic (exact) mass is 185 g/mol. The summed E-state index contributed by atoms with van der Waals surface area (Å²) < 4.78 is 0. The second-order valence-corrected chi connectivity index (χ2v) is 3.35. The average Bonchev–Trinajstić information content (AvgIpc) is 2.69. The van der Waals surface area contributed by atoms with Gasteiger partial charge in [0, 0.05) is 17.1 Å². The molecule has 1 aromatic carbocycles. The van der Waals surface area contributed by atoms with Crippen LogP contribution in [-0.2, 0) is 0 Å². The van der Waals surface area contributed by atoms with E-state index in [0.29, 0.717) is 0 Å². The Morgan fingerprint density at radius 1 is 1.08 bits per heavy atom. The summed E-state index contributed by atoms with van der Waals surface area (Å²) in [4.78, 5) is 4.08. The van der Waals surface area contributed by atoms with Crippen LogP contribution < -0.4 is 0 Å². The molecular weight excluding hydrogens is 178 g/mol. The maximum absolute atomic E-state index is 4.08. The van der Waals surface area contributed by atoms with E-state index in [1.54, 1.807) is 17.5 Å². The fourth-order valence-corrected chi connectivity index (χ4v) is 1.41. The van der Waals surface area contributed by atoms with Crippen molar-refractivity contribution in [2.45, 2.75) is 0 Å². The second kappa shape index (κ2) is 3.88. The van der Waals surface area contributed by atoms with Gasteiger partial charge in [0.1, 0.15) is 0 Å². The number of hydrogen-bond acceptors (Lipinski definition) is 2. The third-order valence-electron chi connectivity index (χ3n) is 1.52. The third kappa shape index (κ3) is 2.17. The highest BCUT2D eigenvalue weighted by atomic mass is 32.1. The van der Waals surface area contributed by atoms with Gasteiger partial charge in [-0.25, -0.2) is 4.98 Å². The van der Waals surface area contributed by atoms with Crippen molar-refractivity contribution in [3.05, 3.63) is 52.5 Å². The molecule has 13 heavy (non-hydrogen) atoms. The summed E-state index contributed by atoms with van der Waals surface area (Å²) in [6.45, 7) is 0. The first kappa shape index (κ1) is 8.03. The lowest BCUT2D eigenvalue weighted by molar-refractivity contribution is 1.39. The molecule has 1 nitrogen and oxygen atoms in total. The molecule has 0 radical (unpaired) electrons. The van der Waals surface area contributed by atoms with Crippen molar-refractivity contribution >= 4 is 11.3 Å². The van der Waals surface area contributed by atoms with Crippen LogP contribution in [0.25, 0.3) is 0 Å². The third-order valence-corrected chi connectivity index (χ3v) is 2.21. The minimum Gasteiger partial charge on any atom is -0.236 e. The van der Waals surface area contributed by atoms with Crippen LogP contribution in [0.5, 0.6) is 0 Å². The normalized spacial score (nSPS) is 8.92. The van der Waals surface area contributed by atoms with Crippen LogP contribution >= 0.6 is 11.3 Å². The van der Waals surface area contributed by atoms with Gasteiger partial charge in [-0.2, -0.15) is 0 Å². The quantitative estimate of drug-likeness (QED) is 0.575. The number of nitrogens with zero attached hydrogens (tertiary/aromatic N) is 1. The van der Waals surface area contributed by atoms with Gasteiger partial charge in [-0.05, 0) is 18.1 Å². The van der Waals surface area contributed by atoms with Crippen LogP contribution in [0.15, 0.2) is 41.9 Å². The van der Waals surface area contributed by atoms with Gasteiger partial charge in [0.15, 0.2) is 5.01 Å². The lowest BCUT2D eigenvalue weighted by Gasteiger charge is -1.84. The zero-order valence-corrected chi connectivity index (χ0v) is 7.71. The average molecular weight is 185 g/mol. The standard InChI is InChI=1S/C11H7NS/c1-2-4-10(5-3-1)6-7-11-12-8-9-13-11/h1-5,8-9H. The molecule has 0 atom stereocenters. The first-order chi connectivity index (χ1) is 6.45. The van der Waals surface area contributed by atoms with Crippen LogP contribution in [0.2, 0.25) is 0 Å². The van der Waals surface area contributed by atoms with Crippen molar-refractivity contribution in [1.29, 1.82) is 0 Å². The molecule has 0 saturated carbocycles. The van der Waals surface area contributed by atoms with E-state index in [2.05, 4.69) is 16.8 Å². The van der Waals surface area contributed by atoms with Crippen LogP contribution in [-0.4, -0.2) is 4.98 Å². The zero-order valence-electron chi connectivity index (χ0n) is 6.90. The minimum absolute atomic E-state index is 0.865. The van der Waals surface area contributed by atoms with Gasteiger partial charge in [-0.1, -0.05) is 24.1 Å². The summed E-state index contributed by atoms with van der Waals surface area (Å²) >= 11 is 1.56. The molecule has 0 N–H and O–H groups in total. The number of rotatable bonds is 0. The van der Waals surface area contributed by atoms with Crippen molar-refractivity contribution in [2.75, 3.05) is 0 Å². The molecule has 62 valence electrons. The highest BCUT2D eigenvalue weighted by Crippen LogP contribution is 2.02. The van der Waals surface area contributed by atoms with Gasteiger partial charge in [-0.3, -0.25) is 0 Å². The maximum atomic E-state index is 4.08. The van der Waals surface area contributed by atoms with Crippen molar-refractivity contribution < 1.29 is 0 Å². The Bertz CT molecular complexity index is 420. The van der Waals surface area contributed by atoms with Crippen LogP contribution in [0.3, 0.4) is 0 Å². The zero-order chi connectivity index (χ0) is 8.93. The predicted molar refractivity (Wildman–Crippen MR) is 54.5 cm³/mol. The molecule has 2 rings (SSSR count). The highest BCUT2D eigenvalue weighted by Gasteiger charge is 1.86. The van der Waals surface area contributed by atoms with Crippen molar-refractivity contribution in [3.63, 3.8) is 0 Å². The molecular formula is C11H7NS. The number of aromatic nitrogens is 1. The Labute approximate surface area is 81.1 Å². The van der Waals surface area contributed by atoms with E-state index in [-0.39, 0.29) is 0 Å². The van der Waals surface area contributed by atoms with Crippen LogP contribution in [0.1, 0.15) is 10.6 Å². The van der Waals surface area contributed by atoms with Crippen molar-refractivity contribution in [1.82, 2.24) is 4.98 Å². The lowest BCUT2D eigenvalue weighted by Crippen LogP contribution is -1.72. The minimum atomic E-state index is 0.865. The summed E-state index contributed by atoms with van der Waals surface area (Å²) in [6.07, 6.45) is 1.76. The Morgan fingerprint density at radius 3 is 2.62 bits per heavy atom. The maximum Gasteiger partial charge on any atom is 0.167 e. The molecule has 0 aliphatic heterocycles. The topological polar surface area (TPSA) is 12.9 Å². The van der Waals surface area contributed by atoms with E-state index in [1.165, 1.54) is 0 Å². The predicted octanol–water partition coefficient (Wildman–Crippen LogP) is 2.54. The number of benzene rings is 1. The molecule has 0 aliphatic carbocycles. The number of thiazole rings is 1. The Kier molecular flexibility index (Phi) is 2.40. The smallest absolute Gasteiger partial charge is 0.167 e. The highest BCUT2D eigenvalue weighted by molar-refractivity contribution is 7.10. The van der Waals surface area contributed by atoms with Crippen molar-refractivity contribution in [3.8, 4) is 11.8 Å². The van der Waals surface area contributed by atoms with Gasteiger partial charge >= 0.3 is 0 Å². The summed E-state index contributed by atoms with van der Waals surface area (Å²) in [5.74, 6) is 6.04. The molecule has 0 unspecified atom stereocenters. The Hall–Kier alpha value is -1.59. The molecule has 2 heteroatoms. The summed E-state index contributed by atoms with van der Waals surface area (Å²) in [5.41, 5.74) is 1.03. The second-order valence-electron chi connectivity index (χ2n) is 2.45. The summed E-state index contributed by atoms with van der Waals surface area (Å²) in [7, 11) is 0. The number of hydrogen-bond donors (Lipinski definition) is 0. The SMILES string of the molecule is C(#Cc1nccs1)c1ccccc1. The molecule has 0 fully saturated rings. The summed E-state index contributed by atoms with van der Waals surface area (Å²) in [6, 6.07) is 9.91. The van der Waals surface area contributed by atoms with Crippen molar-refractivity contribution in [2.24, 2.45) is 0 Å². The van der Waals surface area contributed by atoms with E-state index < -0.39 is 0 Å². The first-order valence-corrected chi connectivity index (χ1v) is 4.80. The van der Waals surface area contributed by atoms with Gasteiger partial charge in [0.05, 0.1) is 0 Å². The fourth-order valence-electron chi connectivity index (χ4n) is 0.932. The lowest BCUT2D eigenvalue weighted by atomic mass is 10.2. The van der Waals surface area contributed by atoms with Crippen LogP contribution in [0, 0.1) is 11.8 Å². The van der Waals surface area contributed by atoms with E-state index in [9.17, 15) is 0 Å². The molecule has 0 saturated heterocycles. The molecule has 1 aromatic heterocycles. The fraction of sp³-hybridized carbons (Fsp3) is 0. The molecule has 0 spiro atoms. The Balaban J connectivity index is 2.23. The van der Waals surface area contributed by atoms with Gasteiger partial charge in [0.2, 0.25) is 0 Å². The van der Waals surface area contributed by atoms with E-state index in [4.69, 9.17) is 0 Å². The van der Waals surface area contributed by atoms with Crippen LogP contribution in [0.4, 0.5) is 0 Å². The van der Waals surface area contributed by atoms with Gasteiger partial charge in [-0.15, -0.1) is 11.3 Å².